The number of hydrogen-bond acceptors (Lipinski definition) is 4. The van der Waals surface area contributed by atoms with Gasteiger partial charge in [-0.25, -0.2) is 0 Å². The molecule has 0 aliphatic heterocycles. The van der Waals surface area contributed by atoms with E-state index >= 15 is 0 Å². The van der Waals surface area contributed by atoms with Gasteiger partial charge in [-0.2, -0.15) is 0 Å². The van der Waals surface area contributed by atoms with Gasteiger partial charge in [0.05, 0.1) is 6.54 Å². The summed E-state index contributed by atoms with van der Waals surface area (Å²) < 4.78 is 5.70. The second kappa shape index (κ2) is 8.58. The Morgan fingerprint density at radius 1 is 0.889 bits per heavy atom. The minimum Gasteiger partial charge on any atom is -0.447 e. The van der Waals surface area contributed by atoms with Crippen molar-refractivity contribution in [3.63, 3.8) is 0 Å². The average Bonchev–Trinajstić information content (AvgIpc) is 2.73. The minimum absolute atomic E-state index is 0.0340. The predicted molar refractivity (Wildman–Crippen MR) is 109 cm³/mol. The van der Waals surface area contributed by atoms with Gasteiger partial charge >= 0.3 is 0 Å². The summed E-state index contributed by atoms with van der Waals surface area (Å²) in [6.45, 7) is -0.115. The second-order valence-corrected chi connectivity index (χ2v) is 6.35. The van der Waals surface area contributed by atoms with E-state index in [0.717, 1.165) is 0 Å². The minimum atomic E-state index is -1.66. The zero-order valence-corrected chi connectivity index (χ0v) is 15.4. The number of hydrogen-bond donors (Lipinski definition) is 2. The van der Waals surface area contributed by atoms with Crippen molar-refractivity contribution >= 4 is 23.2 Å². The van der Waals surface area contributed by atoms with Crippen LogP contribution in [0.4, 0.5) is 0 Å². The van der Waals surface area contributed by atoms with Crippen LogP contribution in [-0.4, -0.2) is 22.6 Å². The molecule has 0 aliphatic carbocycles. The Hall–Kier alpha value is -3.02. The molecular weight excluding hydrogens is 358 g/mol. The van der Waals surface area contributed by atoms with Gasteiger partial charge in [0.25, 0.3) is 5.91 Å². The van der Waals surface area contributed by atoms with E-state index in [0.29, 0.717) is 16.9 Å². The number of nitrogens with one attached hydrogen (secondary N) is 1. The highest BCUT2D eigenvalue weighted by Crippen LogP contribution is 2.25. The number of ether oxygens (including phenoxy) is 1. The van der Waals surface area contributed by atoms with E-state index in [9.17, 15) is 9.90 Å². The van der Waals surface area contributed by atoms with E-state index in [1.54, 1.807) is 60.7 Å². The summed E-state index contributed by atoms with van der Waals surface area (Å²) in [5.74, 6) is 0.221. The molecule has 1 atom stereocenters. The number of carbonyl (C=O) groups excluding carboxylic acids is 1. The molecule has 2 N–H and O–H groups in total. The lowest BCUT2D eigenvalue weighted by molar-refractivity contribution is 0.0785. The molecule has 1 unspecified atom stereocenters. The number of rotatable bonds is 6. The van der Waals surface area contributed by atoms with Gasteiger partial charge in [0.2, 0.25) is 5.05 Å². The zero-order chi connectivity index (χ0) is 19.1. The Bertz CT molecular complexity index is 901. The summed E-state index contributed by atoms with van der Waals surface area (Å²) in [5, 5.41) is 14.0. The smallest absolute Gasteiger partial charge is 0.251 e. The van der Waals surface area contributed by atoms with Crippen molar-refractivity contribution in [1.29, 1.82) is 0 Å². The molecule has 136 valence electrons. The van der Waals surface area contributed by atoms with Crippen LogP contribution >= 0.6 is 12.2 Å². The number of thiocarbonyl (C=S) groups is 1. The first-order valence-corrected chi connectivity index (χ1v) is 8.89. The lowest BCUT2D eigenvalue weighted by Crippen LogP contribution is -2.47. The molecule has 0 saturated carbocycles. The molecule has 3 aromatic carbocycles. The Morgan fingerprint density at radius 2 is 1.41 bits per heavy atom. The Labute approximate surface area is 163 Å². The van der Waals surface area contributed by atoms with Crippen molar-refractivity contribution < 1.29 is 14.6 Å². The fourth-order valence-electron chi connectivity index (χ4n) is 2.59. The SMILES string of the molecule is O=C(NCC(O)(C(=S)Oc1ccccc1)c1ccccc1)c1ccccc1. The Morgan fingerprint density at radius 3 is 2.00 bits per heavy atom. The van der Waals surface area contributed by atoms with Gasteiger partial charge in [0.1, 0.15) is 5.75 Å². The molecule has 0 saturated heterocycles. The topological polar surface area (TPSA) is 58.6 Å². The normalized spacial score (nSPS) is 12.6. The average molecular weight is 377 g/mol. The van der Waals surface area contributed by atoms with Crippen LogP contribution in [0.25, 0.3) is 0 Å². The molecule has 0 spiro atoms. The molecule has 1 amide bonds. The molecule has 0 fully saturated rings. The fraction of sp³-hybridized carbons (Fsp3) is 0.0909. The van der Waals surface area contributed by atoms with E-state index in [1.165, 1.54) is 0 Å². The van der Waals surface area contributed by atoms with E-state index < -0.39 is 5.60 Å². The Kier molecular flexibility index (Phi) is 5.96. The molecule has 3 rings (SSSR count). The largest absolute Gasteiger partial charge is 0.447 e. The highest BCUT2D eigenvalue weighted by Gasteiger charge is 2.37. The Balaban J connectivity index is 1.82. The molecule has 5 heteroatoms. The molecule has 4 nitrogen and oxygen atoms in total. The van der Waals surface area contributed by atoms with Gasteiger partial charge < -0.3 is 15.2 Å². The van der Waals surface area contributed by atoms with Crippen molar-refractivity contribution in [2.75, 3.05) is 6.54 Å². The zero-order valence-electron chi connectivity index (χ0n) is 14.5. The van der Waals surface area contributed by atoms with E-state index in [-0.39, 0.29) is 17.5 Å². The maximum Gasteiger partial charge on any atom is 0.251 e. The molecule has 0 bridgehead atoms. The van der Waals surface area contributed by atoms with Crippen molar-refractivity contribution in [2.24, 2.45) is 0 Å². The molecule has 0 aromatic heterocycles. The molecule has 0 radical (unpaired) electrons. The van der Waals surface area contributed by atoms with Gasteiger partial charge in [-0.3, -0.25) is 4.79 Å². The lowest BCUT2D eigenvalue weighted by atomic mass is 9.94. The van der Waals surface area contributed by atoms with E-state index in [4.69, 9.17) is 17.0 Å². The van der Waals surface area contributed by atoms with Crippen LogP contribution in [0.15, 0.2) is 91.0 Å². The molecule has 0 aliphatic rings. The van der Waals surface area contributed by atoms with Crippen LogP contribution < -0.4 is 10.1 Å². The molecule has 0 heterocycles. The van der Waals surface area contributed by atoms with Crippen LogP contribution in [0.2, 0.25) is 0 Å². The maximum atomic E-state index is 12.4. The van der Waals surface area contributed by atoms with Crippen molar-refractivity contribution in [1.82, 2.24) is 5.32 Å². The molecule has 3 aromatic rings. The third-order valence-corrected chi connectivity index (χ3v) is 4.50. The quantitative estimate of drug-likeness (QED) is 0.643. The monoisotopic (exact) mass is 377 g/mol. The number of para-hydroxylation sites is 1. The second-order valence-electron chi connectivity index (χ2n) is 5.98. The van der Waals surface area contributed by atoms with Gasteiger partial charge in [0, 0.05) is 5.56 Å². The third kappa shape index (κ3) is 4.58. The third-order valence-electron chi connectivity index (χ3n) is 4.08. The number of benzene rings is 3. The van der Waals surface area contributed by atoms with Crippen molar-refractivity contribution in [2.45, 2.75) is 5.60 Å². The first-order chi connectivity index (χ1) is 13.1. The summed E-state index contributed by atoms with van der Waals surface area (Å²) in [4.78, 5) is 12.4. The van der Waals surface area contributed by atoms with E-state index in [1.807, 2.05) is 30.3 Å². The van der Waals surface area contributed by atoms with Gasteiger partial charge in [-0.15, -0.1) is 0 Å². The first-order valence-electron chi connectivity index (χ1n) is 8.48. The summed E-state index contributed by atoms with van der Waals surface area (Å²) in [6.07, 6.45) is 0. The molecular formula is C22H19NO3S. The van der Waals surface area contributed by atoms with Crippen LogP contribution in [0.5, 0.6) is 5.75 Å². The summed E-state index contributed by atoms with van der Waals surface area (Å²) in [6, 6.07) is 26.7. The predicted octanol–water partition coefficient (Wildman–Crippen LogP) is 3.71. The van der Waals surface area contributed by atoms with Gasteiger partial charge in [-0.05, 0) is 42.0 Å². The lowest BCUT2D eigenvalue weighted by Gasteiger charge is -2.29. The van der Waals surface area contributed by atoms with Crippen LogP contribution in [0.1, 0.15) is 15.9 Å². The number of aliphatic hydroxyl groups is 1. The number of amides is 1. The van der Waals surface area contributed by atoms with Crippen LogP contribution in [0.3, 0.4) is 0 Å². The van der Waals surface area contributed by atoms with E-state index in [2.05, 4.69) is 5.32 Å². The summed E-state index contributed by atoms with van der Waals surface area (Å²) in [7, 11) is 0. The molecule has 27 heavy (non-hydrogen) atoms. The highest BCUT2D eigenvalue weighted by atomic mass is 32.1. The fourth-order valence-corrected chi connectivity index (χ4v) is 2.87. The van der Waals surface area contributed by atoms with Gasteiger partial charge in [-0.1, -0.05) is 66.7 Å². The van der Waals surface area contributed by atoms with Crippen LogP contribution in [-0.2, 0) is 5.60 Å². The van der Waals surface area contributed by atoms with Crippen LogP contribution in [0, 0.1) is 0 Å². The van der Waals surface area contributed by atoms with Gasteiger partial charge in [0.15, 0.2) is 5.60 Å². The van der Waals surface area contributed by atoms with Crippen molar-refractivity contribution in [3.05, 3.63) is 102 Å². The highest BCUT2D eigenvalue weighted by molar-refractivity contribution is 7.80. The maximum absolute atomic E-state index is 12.4. The van der Waals surface area contributed by atoms with Crippen molar-refractivity contribution in [3.8, 4) is 5.75 Å². The standard InChI is InChI=1S/C22H19NO3S/c24-20(17-10-4-1-5-11-17)23-16-22(25,18-12-6-2-7-13-18)21(27)26-19-14-8-3-9-15-19/h1-15,25H,16H2,(H,23,24). The number of carbonyl (C=O) groups is 1. The summed E-state index contributed by atoms with van der Waals surface area (Å²) in [5.41, 5.74) is -0.612. The first kappa shape index (κ1) is 18.8. The summed E-state index contributed by atoms with van der Waals surface area (Å²) >= 11 is 5.40.